The quantitative estimate of drug-likeness (QED) is 0.899. The molecule has 0 fully saturated rings. The number of hydrogen-bond donors (Lipinski definition) is 2. The number of benzene rings is 2. The summed E-state index contributed by atoms with van der Waals surface area (Å²) < 4.78 is 39.9. The van der Waals surface area contributed by atoms with Gasteiger partial charge in [-0.25, -0.2) is 17.6 Å². The molecule has 0 spiro atoms. The average molecular weight is 335 g/mol. The first kappa shape index (κ1) is 15.3. The number of nitrogens with two attached hydrogens (primary N) is 1. The number of carbonyl (C=O) groups is 1. The molecule has 0 saturated heterocycles. The normalized spacial score (nSPS) is 13.7. The van der Waals surface area contributed by atoms with E-state index in [9.17, 15) is 17.6 Å². The maximum absolute atomic E-state index is 12.9. The zero-order chi connectivity index (χ0) is 16.6. The number of halogens is 1. The van der Waals surface area contributed by atoms with E-state index in [1.54, 1.807) is 18.2 Å². The van der Waals surface area contributed by atoms with Gasteiger partial charge >= 0.3 is 6.03 Å². The molecule has 1 aliphatic rings. The standard InChI is InChI=1S/C15H14FN3O3S/c16-11-2-5-13(6-3-11)23(21,22)18-12-4-1-10-7-8-19(15(17)20)14(10)9-12/h1-6,9,18H,7-8H2,(H2,17,20). The van der Waals surface area contributed by atoms with E-state index in [-0.39, 0.29) is 4.90 Å². The molecule has 0 bridgehead atoms. The molecule has 1 aliphatic heterocycles. The maximum Gasteiger partial charge on any atom is 0.319 e. The second-order valence-electron chi connectivity index (χ2n) is 5.14. The maximum atomic E-state index is 12.9. The van der Waals surface area contributed by atoms with Crippen LogP contribution in [0.3, 0.4) is 0 Å². The molecule has 6 nitrogen and oxygen atoms in total. The van der Waals surface area contributed by atoms with Crippen molar-refractivity contribution in [3.63, 3.8) is 0 Å². The van der Waals surface area contributed by atoms with Gasteiger partial charge in [0, 0.05) is 6.54 Å². The van der Waals surface area contributed by atoms with Crippen LogP contribution < -0.4 is 15.4 Å². The zero-order valence-electron chi connectivity index (χ0n) is 12.0. The van der Waals surface area contributed by atoms with Gasteiger partial charge in [-0.3, -0.25) is 9.62 Å². The van der Waals surface area contributed by atoms with Gasteiger partial charge in [0.25, 0.3) is 10.0 Å². The molecule has 3 rings (SSSR count). The van der Waals surface area contributed by atoms with Crippen molar-refractivity contribution in [2.24, 2.45) is 5.73 Å². The minimum Gasteiger partial charge on any atom is -0.351 e. The fraction of sp³-hybridized carbons (Fsp3) is 0.133. The Balaban J connectivity index is 1.90. The summed E-state index contributed by atoms with van der Waals surface area (Å²) in [6.45, 7) is 0.471. The smallest absolute Gasteiger partial charge is 0.319 e. The van der Waals surface area contributed by atoms with Crippen LogP contribution in [0.2, 0.25) is 0 Å². The highest BCUT2D eigenvalue weighted by molar-refractivity contribution is 7.92. The van der Waals surface area contributed by atoms with Crippen LogP contribution in [0.5, 0.6) is 0 Å². The summed E-state index contributed by atoms with van der Waals surface area (Å²) in [6.07, 6.45) is 0.670. The number of rotatable bonds is 3. The molecule has 2 aromatic rings. The first-order valence-electron chi connectivity index (χ1n) is 6.85. The number of amides is 2. The molecule has 1 heterocycles. The molecule has 8 heteroatoms. The molecule has 0 aliphatic carbocycles. The number of hydrogen-bond acceptors (Lipinski definition) is 3. The molecule has 0 radical (unpaired) electrons. The van der Waals surface area contributed by atoms with Crippen molar-refractivity contribution in [2.75, 3.05) is 16.2 Å². The molecule has 0 unspecified atom stereocenters. The third-order valence-electron chi connectivity index (χ3n) is 3.62. The predicted molar refractivity (Wildman–Crippen MR) is 84.3 cm³/mol. The molecular formula is C15H14FN3O3S. The summed E-state index contributed by atoms with van der Waals surface area (Å²) >= 11 is 0. The molecule has 0 saturated carbocycles. The van der Waals surface area contributed by atoms with Gasteiger partial charge in [-0.15, -0.1) is 0 Å². The number of nitrogens with zero attached hydrogens (tertiary/aromatic N) is 1. The highest BCUT2D eigenvalue weighted by atomic mass is 32.2. The van der Waals surface area contributed by atoms with Crippen LogP contribution in [-0.2, 0) is 16.4 Å². The molecule has 0 aromatic heterocycles. The molecule has 0 atom stereocenters. The third kappa shape index (κ3) is 2.98. The van der Waals surface area contributed by atoms with Crippen molar-refractivity contribution in [1.82, 2.24) is 0 Å². The van der Waals surface area contributed by atoms with Gasteiger partial charge in [0.2, 0.25) is 0 Å². The number of urea groups is 1. The minimum absolute atomic E-state index is 0.0499. The summed E-state index contributed by atoms with van der Waals surface area (Å²) in [5, 5.41) is 0. The van der Waals surface area contributed by atoms with Crippen molar-refractivity contribution >= 4 is 27.4 Å². The highest BCUT2D eigenvalue weighted by Gasteiger charge is 2.24. The van der Waals surface area contributed by atoms with Gasteiger partial charge in [0.1, 0.15) is 5.82 Å². The lowest BCUT2D eigenvalue weighted by Crippen LogP contribution is -2.34. The Bertz CT molecular complexity index is 866. The summed E-state index contributed by atoms with van der Waals surface area (Å²) in [6, 6.07) is 8.86. The summed E-state index contributed by atoms with van der Waals surface area (Å²) in [4.78, 5) is 12.7. The SMILES string of the molecule is NC(=O)N1CCc2ccc(NS(=O)(=O)c3ccc(F)cc3)cc21. The Labute approximate surface area is 132 Å². The van der Waals surface area contributed by atoms with Crippen molar-refractivity contribution < 1.29 is 17.6 Å². The molecule has 2 aromatic carbocycles. The van der Waals surface area contributed by atoms with Gasteiger partial charge in [-0.05, 0) is 48.4 Å². The summed E-state index contributed by atoms with van der Waals surface area (Å²) in [5.41, 5.74) is 7.13. The van der Waals surface area contributed by atoms with Gasteiger partial charge in [0.15, 0.2) is 0 Å². The van der Waals surface area contributed by atoms with Crippen LogP contribution in [0.4, 0.5) is 20.6 Å². The van der Waals surface area contributed by atoms with Gasteiger partial charge < -0.3 is 5.73 Å². The number of primary amides is 1. The Morgan fingerprint density at radius 1 is 1.17 bits per heavy atom. The Morgan fingerprint density at radius 3 is 2.52 bits per heavy atom. The monoisotopic (exact) mass is 335 g/mol. The van der Waals surface area contributed by atoms with Crippen LogP contribution >= 0.6 is 0 Å². The first-order chi connectivity index (χ1) is 10.9. The fourth-order valence-corrected chi connectivity index (χ4v) is 3.55. The van der Waals surface area contributed by atoms with E-state index in [2.05, 4.69) is 4.72 Å². The van der Waals surface area contributed by atoms with Crippen molar-refractivity contribution in [3.05, 3.63) is 53.8 Å². The van der Waals surface area contributed by atoms with E-state index < -0.39 is 21.9 Å². The van der Waals surface area contributed by atoms with Crippen LogP contribution in [0.25, 0.3) is 0 Å². The number of carbonyl (C=O) groups excluding carboxylic acids is 1. The number of anilines is 2. The highest BCUT2D eigenvalue weighted by Crippen LogP contribution is 2.31. The van der Waals surface area contributed by atoms with Gasteiger partial charge in [0.05, 0.1) is 16.3 Å². The summed E-state index contributed by atoms with van der Waals surface area (Å²) in [5.74, 6) is -0.515. The first-order valence-corrected chi connectivity index (χ1v) is 8.33. The molecular weight excluding hydrogens is 321 g/mol. The Kier molecular flexibility index (Phi) is 3.69. The fourth-order valence-electron chi connectivity index (χ4n) is 2.50. The Morgan fingerprint density at radius 2 is 1.87 bits per heavy atom. The lowest BCUT2D eigenvalue weighted by molar-refractivity contribution is 0.254. The Hall–Kier alpha value is -2.61. The lowest BCUT2D eigenvalue weighted by atomic mass is 10.1. The van der Waals surface area contributed by atoms with Crippen molar-refractivity contribution in [2.45, 2.75) is 11.3 Å². The molecule has 23 heavy (non-hydrogen) atoms. The van der Waals surface area contributed by atoms with E-state index >= 15 is 0 Å². The topological polar surface area (TPSA) is 92.5 Å². The van der Waals surface area contributed by atoms with Crippen LogP contribution in [0, 0.1) is 5.82 Å². The predicted octanol–water partition coefficient (Wildman–Crippen LogP) is 2.07. The van der Waals surface area contributed by atoms with Crippen molar-refractivity contribution in [1.29, 1.82) is 0 Å². The number of nitrogens with one attached hydrogen (secondary N) is 1. The van der Waals surface area contributed by atoms with Crippen LogP contribution in [-0.4, -0.2) is 21.0 Å². The van der Waals surface area contributed by atoms with E-state index in [0.29, 0.717) is 24.3 Å². The second kappa shape index (κ2) is 5.54. The largest absolute Gasteiger partial charge is 0.351 e. The average Bonchev–Trinajstić information content (AvgIpc) is 2.90. The zero-order valence-corrected chi connectivity index (χ0v) is 12.8. The van der Waals surface area contributed by atoms with E-state index in [1.807, 2.05) is 0 Å². The van der Waals surface area contributed by atoms with E-state index in [0.717, 1.165) is 17.7 Å². The molecule has 2 amide bonds. The van der Waals surface area contributed by atoms with Gasteiger partial charge in [-0.1, -0.05) is 6.07 Å². The second-order valence-corrected chi connectivity index (χ2v) is 6.83. The van der Waals surface area contributed by atoms with Crippen LogP contribution in [0.1, 0.15) is 5.56 Å². The van der Waals surface area contributed by atoms with Crippen molar-refractivity contribution in [3.8, 4) is 0 Å². The van der Waals surface area contributed by atoms with E-state index in [4.69, 9.17) is 5.73 Å². The molecule has 120 valence electrons. The number of fused-ring (bicyclic) bond motifs is 1. The molecule has 3 N–H and O–H groups in total. The summed E-state index contributed by atoms with van der Waals surface area (Å²) in [7, 11) is -3.84. The minimum atomic E-state index is -3.84. The number of sulfonamides is 1. The third-order valence-corrected chi connectivity index (χ3v) is 5.02. The van der Waals surface area contributed by atoms with E-state index in [1.165, 1.54) is 17.0 Å². The van der Waals surface area contributed by atoms with Crippen LogP contribution in [0.15, 0.2) is 47.4 Å². The lowest BCUT2D eigenvalue weighted by Gasteiger charge is -2.15. The van der Waals surface area contributed by atoms with Gasteiger partial charge in [-0.2, -0.15) is 0 Å².